The van der Waals surface area contributed by atoms with E-state index in [-0.39, 0.29) is 11.8 Å². The second-order valence-corrected chi connectivity index (χ2v) is 6.11. The highest BCUT2D eigenvalue weighted by Gasteiger charge is 2.30. The van der Waals surface area contributed by atoms with Crippen molar-refractivity contribution in [1.82, 2.24) is 15.0 Å². The first-order valence-corrected chi connectivity index (χ1v) is 6.65. The van der Waals surface area contributed by atoms with Crippen molar-refractivity contribution in [3.63, 3.8) is 0 Å². The number of aromatic nitrogens is 2. The van der Waals surface area contributed by atoms with Crippen LogP contribution in [-0.4, -0.2) is 38.7 Å². The molecule has 0 atom stereocenters. The molecule has 1 aromatic rings. The van der Waals surface area contributed by atoms with Crippen molar-refractivity contribution in [1.29, 1.82) is 0 Å². The van der Waals surface area contributed by atoms with Crippen molar-refractivity contribution in [2.45, 2.75) is 58.0 Å². The molecule has 0 aliphatic heterocycles. The molecule has 0 spiro atoms. The molecule has 19 heavy (non-hydrogen) atoms. The van der Waals surface area contributed by atoms with Gasteiger partial charge >= 0.3 is 5.97 Å². The number of aliphatic carboxylic acids is 1. The number of hydrogen-bond acceptors (Lipinski definition) is 5. The summed E-state index contributed by atoms with van der Waals surface area (Å²) >= 11 is 0. The SMILES string of the molecule is CC(C)(C)c1nc(CN(CCC(=O)O)C2CC2)no1. The van der Waals surface area contributed by atoms with Crippen LogP contribution < -0.4 is 0 Å². The van der Waals surface area contributed by atoms with Gasteiger partial charge in [-0.15, -0.1) is 0 Å². The Morgan fingerprint density at radius 2 is 2.16 bits per heavy atom. The average Bonchev–Trinajstić information content (AvgIpc) is 3.02. The second-order valence-electron chi connectivity index (χ2n) is 6.11. The van der Waals surface area contributed by atoms with Crippen LogP contribution in [-0.2, 0) is 16.8 Å². The molecule has 1 heterocycles. The Hall–Kier alpha value is -1.43. The molecule has 0 amide bonds. The third kappa shape index (κ3) is 4.02. The molecule has 0 radical (unpaired) electrons. The summed E-state index contributed by atoms with van der Waals surface area (Å²) in [7, 11) is 0. The van der Waals surface area contributed by atoms with Crippen molar-refractivity contribution >= 4 is 5.97 Å². The molecule has 0 bridgehead atoms. The minimum absolute atomic E-state index is 0.153. The van der Waals surface area contributed by atoms with Crippen LogP contribution in [0, 0.1) is 0 Å². The summed E-state index contributed by atoms with van der Waals surface area (Å²) in [6, 6.07) is 0.482. The molecule has 6 heteroatoms. The molecule has 1 saturated carbocycles. The van der Waals surface area contributed by atoms with Crippen LogP contribution in [0.2, 0.25) is 0 Å². The van der Waals surface area contributed by atoms with Crippen LogP contribution >= 0.6 is 0 Å². The van der Waals surface area contributed by atoms with Gasteiger partial charge in [0.2, 0.25) is 5.89 Å². The number of carboxylic acid groups (broad SMARTS) is 1. The lowest BCUT2D eigenvalue weighted by atomic mass is 9.97. The number of hydrogen-bond donors (Lipinski definition) is 1. The van der Waals surface area contributed by atoms with Crippen LogP contribution in [0.15, 0.2) is 4.52 Å². The second kappa shape index (κ2) is 5.28. The van der Waals surface area contributed by atoms with E-state index in [4.69, 9.17) is 9.63 Å². The van der Waals surface area contributed by atoms with Crippen LogP contribution in [0.3, 0.4) is 0 Å². The molecule has 1 fully saturated rings. The lowest BCUT2D eigenvalue weighted by Crippen LogP contribution is -2.28. The molecule has 1 aliphatic carbocycles. The topological polar surface area (TPSA) is 79.5 Å². The fourth-order valence-corrected chi connectivity index (χ4v) is 1.87. The van der Waals surface area contributed by atoms with Gasteiger partial charge in [-0.25, -0.2) is 0 Å². The number of carboxylic acids is 1. The molecular formula is C13H21N3O3. The van der Waals surface area contributed by atoms with Crippen LogP contribution in [0.4, 0.5) is 0 Å². The predicted octanol–water partition coefficient (Wildman–Crippen LogP) is 1.81. The molecule has 0 aromatic carbocycles. The highest BCUT2D eigenvalue weighted by Crippen LogP contribution is 2.28. The van der Waals surface area contributed by atoms with E-state index in [0.717, 1.165) is 12.8 Å². The Morgan fingerprint density at radius 3 is 2.63 bits per heavy atom. The molecule has 1 N–H and O–H groups in total. The maximum atomic E-state index is 10.7. The Labute approximate surface area is 112 Å². The van der Waals surface area contributed by atoms with E-state index in [9.17, 15) is 4.79 Å². The van der Waals surface area contributed by atoms with Gasteiger partial charge in [0.25, 0.3) is 0 Å². The standard InChI is InChI=1S/C13H21N3O3/c1-13(2,3)12-14-10(15-19-12)8-16(9-4-5-9)7-6-11(17)18/h9H,4-8H2,1-3H3,(H,17,18). The van der Waals surface area contributed by atoms with Crippen molar-refractivity contribution in [3.05, 3.63) is 11.7 Å². The van der Waals surface area contributed by atoms with Crippen molar-refractivity contribution in [2.75, 3.05) is 6.54 Å². The van der Waals surface area contributed by atoms with Crippen LogP contribution in [0.1, 0.15) is 51.7 Å². The maximum absolute atomic E-state index is 10.7. The zero-order valence-corrected chi connectivity index (χ0v) is 11.7. The van der Waals surface area contributed by atoms with E-state index in [0.29, 0.717) is 30.8 Å². The van der Waals surface area contributed by atoms with E-state index < -0.39 is 5.97 Å². The fraction of sp³-hybridized carbons (Fsp3) is 0.769. The molecule has 0 unspecified atom stereocenters. The summed E-state index contributed by atoms with van der Waals surface area (Å²) in [5.74, 6) is 0.493. The third-order valence-corrected chi connectivity index (χ3v) is 3.13. The van der Waals surface area contributed by atoms with Gasteiger partial charge in [-0.3, -0.25) is 9.69 Å². The molecular weight excluding hydrogens is 246 g/mol. The minimum Gasteiger partial charge on any atom is -0.481 e. The summed E-state index contributed by atoms with van der Waals surface area (Å²) < 4.78 is 5.25. The number of rotatable bonds is 6. The average molecular weight is 267 g/mol. The van der Waals surface area contributed by atoms with Gasteiger partial charge in [0.05, 0.1) is 13.0 Å². The molecule has 6 nitrogen and oxygen atoms in total. The zero-order chi connectivity index (χ0) is 14.0. The van der Waals surface area contributed by atoms with Gasteiger partial charge in [-0.2, -0.15) is 4.98 Å². The van der Waals surface area contributed by atoms with Crippen LogP contribution in [0.25, 0.3) is 0 Å². The zero-order valence-electron chi connectivity index (χ0n) is 11.7. The van der Waals surface area contributed by atoms with Crippen LogP contribution in [0.5, 0.6) is 0 Å². The third-order valence-electron chi connectivity index (χ3n) is 3.13. The first-order chi connectivity index (χ1) is 8.86. The smallest absolute Gasteiger partial charge is 0.304 e. The predicted molar refractivity (Wildman–Crippen MR) is 68.7 cm³/mol. The number of carbonyl (C=O) groups is 1. The van der Waals surface area contributed by atoms with Gasteiger partial charge in [0.15, 0.2) is 5.82 Å². The summed E-state index contributed by atoms with van der Waals surface area (Å²) in [5.41, 5.74) is -0.156. The molecule has 2 rings (SSSR count). The first kappa shape index (κ1) is 14.0. The van der Waals surface area contributed by atoms with Gasteiger partial charge in [0, 0.05) is 18.0 Å². The molecule has 106 valence electrons. The van der Waals surface area contributed by atoms with E-state index in [1.165, 1.54) is 0 Å². The molecule has 0 saturated heterocycles. The Balaban J connectivity index is 1.97. The minimum atomic E-state index is -0.769. The van der Waals surface area contributed by atoms with E-state index in [2.05, 4.69) is 15.0 Å². The normalized spacial score (nSPS) is 16.0. The Bertz CT molecular complexity index is 446. The van der Waals surface area contributed by atoms with Crippen molar-refractivity contribution < 1.29 is 14.4 Å². The number of nitrogens with zero attached hydrogens (tertiary/aromatic N) is 3. The quantitative estimate of drug-likeness (QED) is 0.846. The lowest BCUT2D eigenvalue weighted by molar-refractivity contribution is -0.137. The lowest BCUT2D eigenvalue weighted by Gasteiger charge is -2.18. The Morgan fingerprint density at radius 1 is 1.47 bits per heavy atom. The molecule has 1 aliphatic rings. The summed E-state index contributed by atoms with van der Waals surface area (Å²) in [5, 5.41) is 12.7. The highest BCUT2D eigenvalue weighted by molar-refractivity contribution is 5.66. The Kier molecular flexibility index (Phi) is 3.89. The van der Waals surface area contributed by atoms with E-state index in [1.807, 2.05) is 20.8 Å². The summed E-state index contributed by atoms with van der Waals surface area (Å²) in [6.07, 6.45) is 2.41. The van der Waals surface area contributed by atoms with Gasteiger partial charge in [-0.05, 0) is 12.8 Å². The first-order valence-electron chi connectivity index (χ1n) is 6.65. The van der Waals surface area contributed by atoms with Gasteiger partial charge in [0.1, 0.15) is 0 Å². The highest BCUT2D eigenvalue weighted by atomic mass is 16.5. The van der Waals surface area contributed by atoms with Crippen molar-refractivity contribution in [3.8, 4) is 0 Å². The van der Waals surface area contributed by atoms with E-state index >= 15 is 0 Å². The monoisotopic (exact) mass is 267 g/mol. The van der Waals surface area contributed by atoms with E-state index in [1.54, 1.807) is 0 Å². The van der Waals surface area contributed by atoms with Gasteiger partial charge < -0.3 is 9.63 Å². The fourth-order valence-electron chi connectivity index (χ4n) is 1.87. The van der Waals surface area contributed by atoms with Crippen molar-refractivity contribution in [2.24, 2.45) is 0 Å². The maximum Gasteiger partial charge on any atom is 0.304 e. The summed E-state index contributed by atoms with van der Waals surface area (Å²) in [4.78, 5) is 17.2. The van der Waals surface area contributed by atoms with Gasteiger partial charge in [-0.1, -0.05) is 25.9 Å². The largest absolute Gasteiger partial charge is 0.481 e. The summed E-state index contributed by atoms with van der Waals surface area (Å²) in [6.45, 7) is 7.17. The molecule has 1 aromatic heterocycles.